The van der Waals surface area contributed by atoms with E-state index < -0.39 is 0 Å². The van der Waals surface area contributed by atoms with E-state index in [4.69, 9.17) is 0 Å². The average Bonchev–Trinajstić information content (AvgIpc) is 2.38. The lowest BCUT2D eigenvalue weighted by Gasteiger charge is -2.00. The molecule has 0 aliphatic rings. The Balaban J connectivity index is 2.23. The monoisotopic (exact) mass is 240 g/mol. The van der Waals surface area contributed by atoms with Crippen LogP contribution in [0.2, 0.25) is 0 Å². The van der Waals surface area contributed by atoms with Crippen molar-refractivity contribution in [3.05, 3.63) is 77.1 Å². The third kappa shape index (κ3) is 2.72. The van der Waals surface area contributed by atoms with Gasteiger partial charge in [0.05, 0.1) is 0 Å². The summed E-state index contributed by atoms with van der Waals surface area (Å²) in [6.07, 6.45) is 2.91. The molecule has 0 fully saturated rings. The van der Waals surface area contributed by atoms with Gasteiger partial charge in [-0.25, -0.2) is 4.39 Å². The first kappa shape index (κ1) is 12.2. The maximum Gasteiger partial charge on any atom is 0.186 e. The maximum atomic E-state index is 13.4. The molecule has 0 N–H and O–H groups in total. The van der Waals surface area contributed by atoms with Gasteiger partial charge < -0.3 is 0 Å². The van der Waals surface area contributed by atoms with Crippen LogP contribution in [-0.2, 0) is 0 Å². The van der Waals surface area contributed by atoms with Gasteiger partial charge in [-0.1, -0.05) is 42.5 Å². The summed E-state index contributed by atoms with van der Waals surface area (Å²) >= 11 is 0. The Hall–Kier alpha value is -2.22. The van der Waals surface area contributed by atoms with E-state index in [9.17, 15) is 9.18 Å². The number of halogens is 1. The SMILES string of the molecule is Cc1ccccc1C(=O)/C=C/c1ccccc1F. The molecule has 2 aromatic rings. The Bertz CT molecular complexity index is 600. The second-order valence-corrected chi connectivity index (χ2v) is 4.03. The fourth-order valence-electron chi connectivity index (χ4n) is 1.71. The van der Waals surface area contributed by atoms with Gasteiger partial charge >= 0.3 is 0 Å². The first-order valence-corrected chi connectivity index (χ1v) is 5.71. The van der Waals surface area contributed by atoms with Crippen LogP contribution in [0.4, 0.5) is 4.39 Å². The molecule has 0 atom stereocenters. The highest BCUT2D eigenvalue weighted by molar-refractivity contribution is 6.07. The van der Waals surface area contributed by atoms with Crippen LogP contribution < -0.4 is 0 Å². The highest BCUT2D eigenvalue weighted by Gasteiger charge is 2.04. The topological polar surface area (TPSA) is 17.1 Å². The van der Waals surface area contributed by atoms with E-state index in [1.807, 2.05) is 25.1 Å². The molecule has 0 aliphatic carbocycles. The Kier molecular flexibility index (Phi) is 3.68. The van der Waals surface area contributed by atoms with Gasteiger partial charge in [0.2, 0.25) is 0 Å². The van der Waals surface area contributed by atoms with E-state index in [1.165, 1.54) is 18.2 Å². The summed E-state index contributed by atoms with van der Waals surface area (Å²) in [5.74, 6) is -0.442. The number of carbonyl (C=O) groups excluding carboxylic acids is 1. The number of ketones is 1. The molecule has 90 valence electrons. The highest BCUT2D eigenvalue weighted by Crippen LogP contribution is 2.12. The van der Waals surface area contributed by atoms with Crippen LogP contribution in [0, 0.1) is 12.7 Å². The van der Waals surface area contributed by atoms with Crippen LogP contribution >= 0.6 is 0 Å². The van der Waals surface area contributed by atoms with E-state index in [0.717, 1.165) is 5.56 Å². The molecule has 0 saturated heterocycles. The summed E-state index contributed by atoms with van der Waals surface area (Å²) in [6, 6.07) is 13.7. The number of hydrogen-bond donors (Lipinski definition) is 0. The summed E-state index contributed by atoms with van der Waals surface area (Å²) in [6.45, 7) is 1.88. The van der Waals surface area contributed by atoms with Crippen LogP contribution in [0.25, 0.3) is 6.08 Å². The predicted molar refractivity (Wildman–Crippen MR) is 70.9 cm³/mol. The smallest absolute Gasteiger partial charge is 0.186 e. The molecule has 0 aromatic heterocycles. The van der Waals surface area contributed by atoms with Crippen molar-refractivity contribution in [1.82, 2.24) is 0 Å². The number of aryl methyl sites for hydroxylation is 1. The minimum atomic E-state index is -0.327. The van der Waals surface area contributed by atoms with Crippen molar-refractivity contribution >= 4 is 11.9 Å². The van der Waals surface area contributed by atoms with Gasteiger partial charge in [0.1, 0.15) is 5.82 Å². The van der Waals surface area contributed by atoms with Gasteiger partial charge in [-0.2, -0.15) is 0 Å². The number of allylic oxidation sites excluding steroid dienone is 1. The molecule has 0 radical (unpaired) electrons. The zero-order valence-electron chi connectivity index (χ0n) is 10.1. The van der Waals surface area contributed by atoms with E-state index in [-0.39, 0.29) is 11.6 Å². The van der Waals surface area contributed by atoms with Gasteiger partial charge in [-0.3, -0.25) is 4.79 Å². The second kappa shape index (κ2) is 5.41. The Morgan fingerprint density at radius 3 is 2.44 bits per heavy atom. The normalized spacial score (nSPS) is 10.8. The Morgan fingerprint density at radius 1 is 1.06 bits per heavy atom. The average molecular weight is 240 g/mol. The number of carbonyl (C=O) groups is 1. The zero-order chi connectivity index (χ0) is 13.0. The van der Waals surface area contributed by atoms with Crippen LogP contribution in [0.3, 0.4) is 0 Å². The molecule has 18 heavy (non-hydrogen) atoms. The second-order valence-electron chi connectivity index (χ2n) is 4.03. The van der Waals surface area contributed by atoms with Crippen molar-refractivity contribution in [2.45, 2.75) is 6.92 Å². The van der Waals surface area contributed by atoms with Gasteiger partial charge in [0.25, 0.3) is 0 Å². The van der Waals surface area contributed by atoms with Crippen LogP contribution in [0.5, 0.6) is 0 Å². The lowest BCUT2D eigenvalue weighted by Crippen LogP contribution is -1.97. The van der Waals surface area contributed by atoms with Gasteiger partial charge in [-0.05, 0) is 30.7 Å². The molecule has 0 heterocycles. The van der Waals surface area contributed by atoms with Crippen molar-refractivity contribution in [2.24, 2.45) is 0 Å². The van der Waals surface area contributed by atoms with E-state index in [2.05, 4.69) is 0 Å². The molecule has 0 saturated carbocycles. The van der Waals surface area contributed by atoms with Crippen molar-refractivity contribution in [2.75, 3.05) is 0 Å². The van der Waals surface area contributed by atoms with Gasteiger partial charge in [0.15, 0.2) is 5.78 Å². The van der Waals surface area contributed by atoms with E-state index in [0.29, 0.717) is 11.1 Å². The fraction of sp³-hybridized carbons (Fsp3) is 0.0625. The number of benzene rings is 2. The molecule has 2 rings (SSSR count). The number of rotatable bonds is 3. The van der Waals surface area contributed by atoms with Gasteiger partial charge in [-0.15, -0.1) is 0 Å². The molecule has 1 nitrogen and oxygen atoms in total. The lowest BCUT2D eigenvalue weighted by atomic mass is 10.0. The van der Waals surface area contributed by atoms with E-state index >= 15 is 0 Å². The zero-order valence-corrected chi connectivity index (χ0v) is 10.1. The molecular formula is C16H13FO. The molecule has 0 aliphatic heterocycles. The quantitative estimate of drug-likeness (QED) is 0.584. The number of hydrogen-bond acceptors (Lipinski definition) is 1. The Morgan fingerprint density at radius 2 is 1.72 bits per heavy atom. The van der Waals surface area contributed by atoms with Gasteiger partial charge in [0, 0.05) is 11.1 Å². The summed E-state index contributed by atoms with van der Waals surface area (Å²) < 4.78 is 13.4. The van der Waals surface area contributed by atoms with Crippen LogP contribution in [-0.4, -0.2) is 5.78 Å². The minimum absolute atomic E-state index is 0.114. The first-order chi connectivity index (χ1) is 8.68. The summed E-state index contributed by atoms with van der Waals surface area (Å²) in [5, 5.41) is 0. The molecule has 2 heteroatoms. The first-order valence-electron chi connectivity index (χ1n) is 5.71. The molecule has 0 bridgehead atoms. The van der Waals surface area contributed by atoms with E-state index in [1.54, 1.807) is 24.3 Å². The summed E-state index contributed by atoms with van der Waals surface area (Å²) in [5.41, 5.74) is 1.98. The van der Waals surface area contributed by atoms with Crippen molar-refractivity contribution in [3.63, 3.8) is 0 Å². The molecule has 2 aromatic carbocycles. The minimum Gasteiger partial charge on any atom is -0.289 e. The summed E-state index contributed by atoms with van der Waals surface area (Å²) in [4.78, 5) is 11.9. The Labute approximate surface area is 106 Å². The van der Waals surface area contributed by atoms with Crippen LogP contribution in [0.1, 0.15) is 21.5 Å². The molecule has 0 spiro atoms. The molecule has 0 unspecified atom stereocenters. The standard InChI is InChI=1S/C16H13FO/c1-12-6-2-4-8-14(12)16(18)11-10-13-7-3-5-9-15(13)17/h2-11H,1H3/b11-10+. The van der Waals surface area contributed by atoms with Crippen molar-refractivity contribution in [1.29, 1.82) is 0 Å². The third-order valence-corrected chi connectivity index (χ3v) is 2.73. The van der Waals surface area contributed by atoms with Crippen molar-refractivity contribution < 1.29 is 9.18 Å². The van der Waals surface area contributed by atoms with Crippen molar-refractivity contribution in [3.8, 4) is 0 Å². The maximum absolute atomic E-state index is 13.4. The largest absolute Gasteiger partial charge is 0.289 e. The molecular weight excluding hydrogens is 227 g/mol. The molecule has 0 amide bonds. The lowest BCUT2D eigenvalue weighted by molar-refractivity contribution is 0.104. The summed E-state index contributed by atoms with van der Waals surface area (Å²) in [7, 11) is 0. The third-order valence-electron chi connectivity index (χ3n) is 2.73. The van der Waals surface area contributed by atoms with Crippen LogP contribution in [0.15, 0.2) is 54.6 Å². The predicted octanol–water partition coefficient (Wildman–Crippen LogP) is 4.03. The highest BCUT2D eigenvalue weighted by atomic mass is 19.1. The fourth-order valence-corrected chi connectivity index (χ4v) is 1.71.